The van der Waals surface area contributed by atoms with Crippen LogP contribution in [0.15, 0.2) is 22.7 Å². The molecule has 0 heterocycles. The first-order chi connectivity index (χ1) is 5.11. The second kappa shape index (κ2) is 3.24. The third kappa shape index (κ3) is 1.94. The zero-order chi connectivity index (χ0) is 8.43. The minimum absolute atomic E-state index is 0.0463. The lowest BCUT2D eigenvalue weighted by molar-refractivity contribution is 0.813. The molecular weight excluding hydrogens is 204 g/mol. The first-order valence-corrected chi connectivity index (χ1v) is 4.21. The van der Waals surface area contributed by atoms with Crippen molar-refractivity contribution in [2.75, 3.05) is 5.73 Å². The van der Waals surface area contributed by atoms with Crippen LogP contribution in [0.3, 0.4) is 0 Å². The summed E-state index contributed by atoms with van der Waals surface area (Å²) in [7, 11) is 0. The average molecular weight is 215 g/mol. The van der Waals surface area contributed by atoms with Crippen LogP contribution in [0.1, 0.15) is 18.5 Å². The third-order valence-electron chi connectivity index (χ3n) is 1.52. The molecule has 4 N–H and O–H groups in total. The Morgan fingerprint density at radius 3 is 2.55 bits per heavy atom. The molecular formula is C8H11BrN2. The SMILES string of the molecule is C[C@H](N)c1ccc(N)cc1Br. The number of benzene rings is 1. The van der Waals surface area contributed by atoms with Gasteiger partial charge in [-0.3, -0.25) is 0 Å². The highest BCUT2D eigenvalue weighted by atomic mass is 79.9. The summed E-state index contributed by atoms with van der Waals surface area (Å²) < 4.78 is 0.979. The number of halogens is 1. The van der Waals surface area contributed by atoms with Crippen molar-refractivity contribution < 1.29 is 0 Å². The van der Waals surface area contributed by atoms with Crippen molar-refractivity contribution in [1.29, 1.82) is 0 Å². The predicted octanol–water partition coefficient (Wildman–Crippen LogP) is 2.05. The second-order valence-electron chi connectivity index (χ2n) is 2.57. The molecule has 1 aromatic rings. The highest BCUT2D eigenvalue weighted by molar-refractivity contribution is 9.10. The largest absolute Gasteiger partial charge is 0.399 e. The highest BCUT2D eigenvalue weighted by Crippen LogP contribution is 2.23. The van der Waals surface area contributed by atoms with Crippen molar-refractivity contribution in [3.8, 4) is 0 Å². The van der Waals surface area contributed by atoms with Crippen LogP contribution in [0.2, 0.25) is 0 Å². The van der Waals surface area contributed by atoms with Crippen LogP contribution in [-0.2, 0) is 0 Å². The van der Waals surface area contributed by atoms with Gasteiger partial charge < -0.3 is 11.5 Å². The van der Waals surface area contributed by atoms with Gasteiger partial charge in [0, 0.05) is 16.2 Å². The van der Waals surface area contributed by atoms with Crippen LogP contribution in [0, 0.1) is 0 Å². The Hall–Kier alpha value is -0.540. The zero-order valence-electron chi connectivity index (χ0n) is 6.34. The standard InChI is InChI=1S/C8H11BrN2/c1-5(10)7-3-2-6(11)4-8(7)9/h2-5H,10-11H2,1H3/t5-/m0/s1. The summed E-state index contributed by atoms with van der Waals surface area (Å²) in [5, 5.41) is 0. The summed E-state index contributed by atoms with van der Waals surface area (Å²) in [6.45, 7) is 1.94. The lowest BCUT2D eigenvalue weighted by Gasteiger charge is -2.08. The van der Waals surface area contributed by atoms with Gasteiger partial charge in [-0.2, -0.15) is 0 Å². The normalized spacial score (nSPS) is 13.0. The van der Waals surface area contributed by atoms with E-state index >= 15 is 0 Å². The van der Waals surface area contributed by atoms with Gasteiger partial charge in [0.1, 0.15) is 0 Å². The zero-order valence-corrected chi connectivity index (χ0v) is 7.93. The Morgan fingerprint density at radius 1 is 1.45 bits per heavy atom. The van der Waals surface area contributed by atoms with Crippen molar-refractivity contribution in [3.05, 3.63) is 28.2 Å². The average Bonchev–Trinajstić information content (AvgIpc) is 1.85. The first-order valence-electron chi connectivity index (χ1n) is 3.42. The summed E-state index contributed by atoms with van der Waals surface area (Å²) >= 11 is 3.39. The van der Waals surface area contributed by atoms with Gasteiger partial charge >= 0.3 is 0 Å². The fourth-order valence-electron chi connectivity index (χ4n) is 0.913. The molecule has 1 aromatic carbocycles. The molecule has 0 saturated heterocycles. The summed E-state index contributed by atoms with van der Waals surface area (Å²) in [6, 6.07) is 5.69. The summed E-state index contributed by atoms with van der Waals surface area (Å²) in [4.78, 5) is 0. The molecule has 0 saturated carbocycles. The molecule has 0 aliphatic rings. The quantitative estimate of drug-likeness (QED) is 0.704. The number of rotatable bonds is 1. The number of nitrogens with two attached hydrogens (primary N) is 2. The summed E-state index contributed by atoms with van der Waals surface area (Å²) in [5.74, 6) is 0. The van der Waals surface area contributed by atoms with Crippen LogP contribution in [0.4, 0.5) is 5.69 Å². The Bertz CT molecular complexity index is 258. The van der Waals surface area contributed by atoms with E-state index in [9.17, 15) is 0 Å². The van der Waals surface area contributed by atoms with Crippen LogP contribution in [0.5, 0.6) is 0 Å². The maximum absolute atomic E-state index is 5.69. The Kier molecular flexibility index (Phi) is 2.52. The molecule has 0 aliphatic heterocycles. The van der Waals surface area contributed by atoms with E-state index < -0.39 is 0 Å². The fourth-order valence-corrected chi connectivity index (χ4v) is 1.67. The molecule has 0 radical (unpaired) electrons. The molecule has 60 valence electrons. The van der Waals surface area contributed by atoms with Crippen LogP contribution >= 0.6 is 15.9 Å². The number of hydrogen-bond acceptors (Lipinski definition) is 2. The molecule has 0 aromatic heterocycles. The van der Waals surface area contributed by atoms with Gasteiger partial charge in [-0.15, -0.1) is 0 Å². The predicted molar refractivity (Wildman–Crippen MR) is 51.2 cm³/mol. The molecule has 1 rings (SSSR count). The summed E-state index contributed by atoms with van der Waals surface area (Å²) in [6.07, 6.45) is 0. The van der Waals surface area contributed by atoms with E-state index in [1.165, 1.54) is 0 Å². The maximum atomic E-state index is 5.69. The van der Waals surface area contributed by atoms with Crippen molar-refractivity contribution >= 4 is 21.6 Å². The minimum Gasteiger partial charge on any atom is -0.399 e. The van der Waals surface area contributed by atoms with E-state index in [2.05, 4.69) is 15.9 Å². The number of hydrogen-bond donors (Lipinski definition) is 2. The van der Waals surface area contributed by atoms with E-state index in [1.54, 1.807) is 0 Å². The van der Waals surface area contributed by atoms with E-state index in [0.29, 0.717) is 0 Å². The van der Waals surface area contributed by atoms with Gasteiger partial charge in [-0.1, -0.05) is 22.0 Å². The minimum atomic E-state index is 0.0463. The smallest absolute Gasteiger partial charge is 0.0325 e. The molecule has 0 amide bonds. The molecule has 2 nitrogen and oxygen atoms in total. The topological polar surface area (TPSA) is 52.0 Å². The maximum Gasteiger partial charge on any atom is 0.0325 e. The van der Waals surface area contributed by atoms with Crippen LogP contribution < -0.4 is 11.5 Å². The number of anilines is 1. The Balaban J connectivity index is 3.09. The van der Waals surface area contributed by atoms with Gasteiger partial charge in [-0.05, 0) is 24.6 Å². The van der Waals surface area contributed by atoms with E-state index in [1.807, 2.05) is 25.1 Å². The van der Waals surface area contributed by atoms with Gasteiger partial charge in [0.25, 0.3) is 0 Å². The van der Waals surface area contributed by atoms with Crippen molar-refractivity contribution in [1.82, 2.24) is 0 Å². The van der Waals surface area contributed by atoms with E-state index in [4.69, 9.17) is 11.5 Å². The van der Waals surface area contributed by atoms with Crippen LogP contribution in [0.25, 0.3) is 0 Å². The molecule has 3 heteroatoms. The molecule has 0 bridgehead atoms. The van der Waals surface area contributed by atoms with E-state index in [-0.39, 0.29) is 6.04 Å². The van der Waals surface area contributed by atoms with Crippen molar-refractivity contribution in [3.63, 3.8) is 0 Å². The summed E-state index contributed by atoms with van der Waals surface area (Å²) in [5.41, 5.74) is 13.1. The molecule has 0 spiro atoms. The Labute approximate surface area is 74.7 Å². The third-order valence-corrected chi connectivity index (χ3v) is 2.20. The fraction of sp³-hybridized carbons (Fsp3) is 0.250. The molecule has 11 heavy (non-hydrogen) atoms. The molecule has 1 atom stereocenters. The van der Waals surface area contributed by atoms with Gasteiger partial charge in [0.15, 0.2) is 0 Å². The van der Waals surface area contributed by atoms with Gasteiger partial charge in [-0.25, -0.2) is 0 Å². The highest BCUT2D eigenvalue weighted by Gasteiger charge is 2.03. The second-order valence-corrected chi connectivity index (χ2v) is 3.42. The molecule has 0 aliphatic carbocycles. The number of nitrogen functional groups attached to an aromatic ring is 1. The van der Waals surface area contributed by atoms with Crippen LogP contribution in [-0.4, -0.2) is 0 Å². The lowest BCUT2D eigenvalue weighted by atomic mass is 10.1. The first kappa shape index (κ1) is 8.56. The lowest BCUT2D eigenvalue weighted by Crippen LogP contribution is -2.05. The van der Waals surface area contributed by atoms with Crippen molar-refractivity contribution in [2.45, 2.75) is 13.0 Å². The monoisotopic (exact) mass is 214 g/mol. The molecule has 0 unspecified atom stereocenters. The molecule has 0 fully saturated rings. The van der Waals surface area contributed by atoms with Gasteiger partial charge in [0.05, 0.1) is 0 Å². The van der Waals surface area contributed by atoms with E-state index in [0.717, 1.165) is 15.7 Å². The Morgan fingerprint density at radius 2 is 2.09 bits per heavy atom. The van der Waals surface area contributed by atoms with Gasteiger partial charge in [0.2, 0.25) is 0 Å². The van der Waals surface area contributed by atoms with Crippen molar-refractivity contribution in [2.24, 2.45) is 5.73 Å².